The predicted molar refractivity (Wildman–Crippen MR) is 69.7 cm³/mol. The fourth-order valence-electron chi connectivity index (χ4n) is 2.28. The van der Waals surface area contributed by atoms with Gasteiger partial charge in [0.2, 0.25) is 5.91 Å². The lowest BCUT2D eigenvalue weighted by Gasteiger charge is -2.35. The number of aliphatic hydroxyl groups is 1. The Morgan fingerprint density at radius 2 is 1.88 bits per heavy atom. The molecule has 0 aromatic rings. The standard InChI is InChI=1S/C14H27NO2/c1-11-5-7-14(17,8-6-11)10-15-12(16)9-13(2,3)4/h11,17H,5-10H2,1-4H3,(H,15,16). The van der Waals surface area contributed by atoms with E-state index in [0.717, 1.165) is 25.7 Å². The third-order valence-corrected chi connectivity index (χ3v) is 3.51. The van der Waals surface area contributed by atoms with E-state index in [1.54, 1.807) is 0 Å². The summed E-state index contributed by atoms with van der Waals surface area (Å²) in [6, 6.07) is 0. The highest BCUT2D eigenvalue weighted by molar-refractivity contribution is 5.76. The maximum absolute atomic E-state index is 11.7. The van der Waals surface area contributed by atoms with Crippen LogP contribution in [0.25, 0.3) is 0 Å². The summed E-state index contributed by atoms with van der Waals surface area (Å²) >= 11 is 0. The summed E-state index contributed by atoms with van der Waals surface area (Å²) in [5.41, 5.74) is -0.659. The molecule has 0 radical (unpaired) electrons. The zero-order valence-electron chi connectivity index (χ0n) is 11.7. The average Bonchev–Trinajstić information content (AvgIpc) is 2.18. The summed E-state index contributed by atoms with van der Waals surface area (Å²) in [4.78, 5) is 11.7. The smallest absolute Gasteiger partial charge is 0.220 e. The van der Waals surface area contributed by atoms with Crippen LogP contribution in [-0.2, 0) is 4.79 Å². The molecular formula is C14H27NO2. The second-order valence-electron chi connectivity index (χ2n) is 6.92. The van der Waals surface area contributed by atoms with Crippen molar-refractivity contribution in [3.05, 3.63) is 0 Å². The van der Waals surface area contributed by atoms with E-state index in [9.17, 15) is 9.90 Å². The minimum Gasteiger partial charge on any atom is -0.388 e. The van der Waals surface area contributed by atoms with Crippen molar-refractivity contribution >= 4 is 5.91 Å². The molecule has 1 amide bonds. The molecule has 0 aromatic heterocycles. The lowest BCUT2D eigenvalue weighted by Crippen LogP contribution is -2.45. The lowest BCUT2D eigenvalue weighted by atomic mass is 9.79. The molecule has 0 aromatic carbocycles. The fourth-order valence-corrected chi connectivity index (χ4v) is 2.28. The van der Waals surface area contributed by atoms with E-state index in [2.05, 4.69) is 12.2 Å². The molecule has 1 rings (SSSR count). The van der Waals surface area contributed by atoms with Gasteiger partial charge in [0.05, 0.1) is 5.60 Å². The van der Waals surface area contributed by atoms with Crippen LogP contribution in [0.4, 0.5) is 0 Å². The fraction of sp³-hybridized carbons (Fsp3) is 0.929. The number of nitrogens with one attached hydrogen (secondary N) is 1. The van der Waals surface area contributed by atoms with E-state index < -0.39 is 5.60 Å². The molecule has 0 spiro atoms. The quantitative estimate of drug-likeness (QED) is 0.797. The molecule has 3 nitrogen and oxygen atoms in total. The van der Waals surface area contributed by atoms with E-state index in [1.165, 1.54) is 0 Å². The molecule has 0 heterocycles. The normalized spacial score (nSPS) is 30.1. The van der Waals surface area contributed by atoms with Gasteiger partial charge in [0, 0.05) is 13.0 Å². The maximum atomic E-state index is 11.7. The highest BCUT2D eigenvalue weighted by Gasteiger charge is 2.32. The monoisotopic (exact) mass is 241 g/mol. The number of hydrogen-bond donors (Lipinski definition) is 2. The number of rotatable bonds is 3. The Morgan fingerprint density at radius 3 is 2.35 bits per heavy atom. The van der Waals surface area contributed by atoms with E-state index in [0.29, 0.717) is 18.9 Å². The second kappa shape index (κ2) is 5.38. The lowest BCUT2D eigenvalue weighted by molar-refractivity contribution is -0.124. The molecule has 1 aliphatic carbocycles. The average molecular weight is 241 g/mol. The topological polar surface area (TPSA) is 49.3 Å². The van der Waals surface area contributed by atoms with Crippen molar-refractivity contribution in [1.82, 2.24) is 5.32 Å². The number of hydrogen-bond acceptors (Lipinski definition) is 2. The molecule has 0 saturated heterocycles. The van der Waals surface area contributed by atoms with E-state index >= 15 is 0 Å². The first kappa shape index (κ1) is 14.5. The second-order valence-corrected chi connectivity index (χ2v) is 6.92. The molecule has 2 N–H and O–H groups in total. The largest absolute Gasteiger partial charge is 0.388 e. The number of carbonyl (C=O) groups excluding carboxylic acids is 1. The van der Waals surface area contributed by atoms with E-state index in [4.69, 9.17) is 0 Å². The zero-order chi connectivity index (χ0) is 13.1. The Hall–Kier alpha value is -0.570. The van der Waals surface area contributed by atoms with Crippen molar-refractivity contribution in [1.29, 1.82) is 0 Å². The molecule has 100 valence electrons. The summed E-state index contributed by atoms with van der Waals surface area (Å²) in [6.45, 7) is 8.77. The Kier molecular flexibility index (Phi) is 4.59. The first-order valence-electron chi connectivity index (χ1n) is 6.69. The van der Waals surface area contributed by atoms with Gasteiger partial charge in [-0.3, -0.25) is 4.79 Å². The van der Waals surface area contributed by atoms with E-state index in [1.807, 2.05) is 20.8 Å². The molecule has 0 bridgehead atoms. The van der Waals surface area contributed by atoms with Crippen LogP contribution in [0.2, 0.25) is 0 Å². The molecule has 1 fully saturated rings. The molecule has 1 aliphatic rings. The van der Waals surface area contributed by atoms with Crippen molar-refractivity contribution in [2.45, 2.75) is 65.4 Å². The Labute approximate surface area is 105 Å². The molecule has 0 unspecified atom stereocenters. The van der Waals surface area contributed by atoms with Gasteiger partial charge in [0.1, 0.15) is 0 Å². The van der Waals surface area contributed by atoms with Gasteiger partial charge in [-0.25, -0.2) is 0 Å². The Bertz CT molecular complexity index is 260. The maximum Gasteiger partial charge on any atom is 0.220 e. The van der Waals surface area contributed by atoms with Crippen LogP contribution in [0.15, 0.2) is 0 Å². The van der Waals surface area contributed by atoms with Gasteiger partial charge in [-0.15, -0.1) is 0 Å². The molecular weight excluding hydrogens is 214 g/mol. The van der Waals surface area contributed by atoms with Crippen LogP contribution in [0, 0.1) is 11.3 Å². The van der Waals surface area contributed by atoms with Crippen molar-refractivity contribution in [3.8, 4) is 0 Å². The number of carbonyl (C=O) groups is 1. The van der Waals surface area contributed by atoms with Crippen molar-refractivity contribution in [2.75, 3.05) is 6.54 Å². The minimum atomic E-state index is -0.667. The van der Waals surface area contributed by atoms with Crippen LogP contribution in [0.5, 0.6) is 0 Å². The van der Waals surface area contributed by atoms with Gasteiger partial charge in [-0.05, 0) is 37.0 Å². The zero-order valence-corrected chi connectivity index (χ0v) is 11.7. The van der Waals surface area contributed by atoms with Crippen LogP contribution in [0.1, 0.15) is 59.8 Å². The third kappa shape index (κ3) is 5.53. The van der Waals surface area contributed by atoms with Gasteiger partial charge >= 0.3 is 0 Å². The van der Waals surface area contributed by atoms with Crippen molar-refractivity contribution in [3.63, 3.8) is 0 Å². The van der Waals surface area contributed by atoms with Crippen LogP contribution in [-0.4, -0.2) is 23.2 Å². The Balaban J connectivity index is 2.32. The summed E-state index contributed by atoms with van der Waals surface area (Å²) in [7, 11) is 0. The summed E-state index contributed by atoms with van der Waals surface area (Å²) in [5, 5.41) is 13.2. The van der Waals surface area contributed by atoms with Gasteiger partial charge in [0.25, 0.3) is 0 Å². The third-order valence-electron chi connectivity index (χ3n) is 3.51. The molecule has 0 atom stereocenters. The molecule has 17 heavy (non-hydrogen) atoms. The molecule has 3 heteroatoms. The van der Waals surface area contributed by atoms with Crippen molar-refractivity contribution in [2.24, 2.45) is 11.3 Å². The molecule has 0 aliphatic heterocycles. The first-order valence-corrected chi connectivity index (χ1v) is 6.69. The first-order chi connectivity index (χ1) is 7.70. The highest BCUT2D eigenvalue weighted by Crippen LogP contribution is 2.31. The summed E-state index contributed by atoms with van der Waals surface area (Å²) in [6.07, 6.45) is 4.25. The van der Waals surface area contributed by atoms with E-state index in [-0.39, 0.29) is 11.3 Å². The van der Waals surface area contributed by atoms with Gasteiger partial charge in [-0.1, -0.05) is 27.7 Å². The van der Waals surface area contributed by atoms with Gasteiger partial charge in [0.15, 0.2) is 0 Å². The SMILES string of the molecule is CC1CCC(O)(CNC(=O)CC(C)(C)C)CC1. The van der Waals surface area contributed by atoms with Gasteiger partial charge in [-0.2, -0.15) is 0 Å². The molecule has 1 saturated carbocycles. The van der Waals surface area contributed by atoms with Crippen molar-refractivity contribution < 1.29 is 9.90 Å². The van der Waals surface area contributed by atoms with Crippen LogP contribution >= 0.6 is 0 Å². The number of amides is 1. The predicted octanol–water partition coefficient (Wildman–Crippen LogP) is 2.48. The van der Waals surface area contributed by atoms with Crippen LogP contribution < -0.4 is 5.32 Å². The highest BCUT2D eigenvalue weighted by atomic mass is 16.3. The summed E-state index contributed by atoms with van der Waals surface area (Å²) in [5.74, 6) is 0.755. The minimum absolute atomic E-state index is 0.00772. The van der Waals surface area contributed by atoms with Gasteiger partial charge < -0.3 is 10.4 Å². The summed E-state index contributed by atoms with van der Waals surface area (Å²) < 4.78 is 0. The van der Waals surface area contributed by atoms with Crippen LogP contribution in [0.3, 0.4) is 0 Å². The Morgan fingerprint density at radius 1 is 1.35 bits per heavy atom.